The second-order valence-electron chi connectivity index (χ2n) is 7.10. The zero-order valence-electron chi connectivity index (χ0n) is 15.1. The summed E-state index contributed by atoms with van der Waals surface area (Å²) in [6.45, 7) is 2.08. The molecule has 0 bridgehead atoms. The third-order valence-corrected chi connectivity index (χ3v) is 5.20. The molecule has 0 saturated heterocycles. The Morgan fingerprint density at radius 2 is 1.78 bits per heavy atom. The van der Waals surface area contributed by atoms with Gasteiger partial charge in [-0.05, 0) is 54.4 Å². The van der Waals surface area contributed by atoms with Crippen LogP contribution in [0.3, 0.4) is 0 Å². The Morgan fingerprint density at radius 1 is 1.00 bits per heavy atom. The van der Waals surface area contributed by atoms with Gasteiger partial charge in [0.05, 0.1) is 5.56 Å². The number of rotatable bonds is 2. The number of benzene rings is 3. The predicted octanol–water partition coefficient (Wildman–Crippen LogP) is 4.78. The molecule has 0 aliphatic carbocycles. The molecule has 134 valence electrons. The second-order valence-corrected chi connectivity index (χ2v) is 7.10. The van der Waals surface area contributed by atoms with Gasteiger partial charge in [0.25, 0.3) is 5.91 Å². The standard InChI is InChI=1S/C23H20N2O2/c1-15-13-17-14-16(11-12-21(17)27-15)22-24-20-10-6-5-9-19(20)23(26)25(22)18-7-3-2-4-8-18/h2-12,14-15,22,24H,13H2,1H3/t15-,22+/m0/s1. The first kappa shape index (κ1) is 15.9. The highest BCUT2D eigenvalue weighted by Crippen LogP contribution is 2.38. The van der Waals surface area contributed by atoms with E-state index in [0.29, 0.717) is 5.56 Å². The number of ether oxygens (including phenoxy) is 1. The maximum Gasteiger partial charge on any atom is 0.262 e. The molecule has 27 heavy (non-hydrogen) atoms. The Kier molecular flexibility index (Phi) is 3.64. The van der Waals surface area contributed by atoms with Crippen molar-refractivity contribution in [2.75, 3.05) is 10.2 Å². The van der Waals surface area contributed by atoms with Gasteiger partial charge >= 0.3 is 0 Å². The van der Waals surface area contributed by atoms with E-state index >= 15 is 0 Å². The molecule has 0 aromatic heterocycles. The normalized spacial score (nSPS) is 20.5. The van der Waals surface area contributed by atoms with Gasteiger partial charge in [0.15, 0.2) is 0 Å². The molecule has 2 atom stereocenters. The number of hydrogen-bond acceptors (Lipinski definition) is 3. The molecule has 4 heteroatoms. The van der Waals surface area contributed by atoms with Gasteiger partial charge in [-0.15, -0.1) is 0 Å². The SMILES string of the molecule is C[C@H]1Cc2cc([C@@H]3Nc4ccccc4C(=O)N3c3ccccc3)ccc2O1. The van der Waals surface area contributed by atoms with Crippen LogP contribution in [0.2, 0.25) is 0 Å². The van der Waals surface area contributed by atoms with Gasteiger partial charge in [-0.25, -0.2) is 0 Å². The maximum atomic E-state index is 13.3. The molecule has 1 N–H and O–H groups in total. The minimum Gasteiger partial charge on any atom is -0.490 e. The summed E-state index contributed by atoms with van der Waals surface area (Å²) in [6, 6.07) is 23.7. The summed E-state index contributed by atoms with van der Waals surface area (Å²) in [5.41, 5.74) is 4.68. The highest BCUT2D eigenvalue weighted by atomic mass is 16.5. The minimum atomic E-state index is -0.268. The van der Waals surface area contributed by atoms with Crippen LogP contribution in [0.25, 0.3) is 0 Å². The second kappa shape index (κ2) is 6.16. The molecule has 1 amide bonds. The van der Waals surface area contributed by atoms with E-state index in [2.05, 4.69) is 18.3 Å². The molecule has 0 unspecified atom stereocenters. The Bertz CT molecular complexity index is 1020. The van der Waals surface area contributed by atoms with E-state index in [4.69, 9.17) is 4.74 Å². The molecule has 2 aliphatic rings. The van der Waals surface area contributed by atoms with Gasteiger partial charge in [0.1, 0.15) is 18.0 Å². The fourth-order valence-corrected chi connectivity index (χ4v) is 3.95. The molecular formula is C23H20N2O2. The average molecular weight is 356 g/mol. The highest BCUT2D eigenvalue weighted by molar-refractivity contribution is 6.12. The Morgan fingerprint density at radius 3 is 2.63 bits per heavy atom. The molecule has 0 saturated carbocycles. The summed E-state index contributed by atoms with van der Waals surface area (Å²) >= 11 is 0. The van der Waals surface area contributed by atoms with Gasteiger partial charge in [0, 0.05) is 17.8 Å². The number of amides is 1. The van der Waals surface area contributed by atoms with E-state index in [-0.39, 0.29) is 18.2 Å². The summed E-state index contributed by atoms with van der Waals surface area (Å²) in [4.78, 5) is 15.2. The number of carbonyl (C=O) groups excluding carboxylic acids is 1. The maximum absolute atomic E-state index is 13.3. The van der Waals surface area contributed by atoms with E-state index in [9.17, 15) is 4.79 Å². The number of fused-ring (bicyclic) bond motifs is 2. The molecular weight excluding hydrogens is 336 g/mol. The number of nitrogens with one attached hydrogen (secondary N) is 1. The summed E-state index contributed by atoms with van der Waals surface area (Å²) in [5, 5.41) is 3.56. The van der Waals surface area contributed by atoms with Gasteiger partial charge in [-0.1, -0.05) is 36.4 Å². The highest BCUT2D eigenvalue weighted by Gasteiger charge is 2.34. The van der Waals surface area contributed by atoms with Crippen molar-refractivity contribution < 1.29 is 9.53 Å². The van der Waals surface area contributed by atoms with Crippen LogP contribution in [0.4, 0.5) is 11.4 Å². The van der Waals surface area contributed by atoms with E-state index in [0.717, 1.165) is 29.1 Å². The average Bonchev–Trinajstić information content (AvgIpc) is 3.07. The Balaban J connectivity index is 1.63. The van der Waals surface area contributed by atoms with Crippen molar-refractivity contribution >= 4 is 17.3 Å². The number of carbonyl (C=O) groups is 1. The first-order valence-electron chi connectivity index (χ1n) is 9.24. The lowest BCUT2D eigenvalue weighted by atomic mass is 10.00. The van der Waals surface area contributed by atoms with Gasteiger partial charge in [-0.3, -0.25) is 9.69 Å². The van der Waals surface area contributed by atoms with Gasteiger partial charge in [0.2, 0.25) is 0 Å². The summed E-state index contributed by atoms with van der Waals surface area (Å²) in [5.74, 6) is 0.950. The molecule has 2 aliphatic heterocycles. The lowest BCUT2D eigenvalue weighted by Crippen LogP contribution is -2.43. The first-order valence-corrected chi connectivity index (χ1v) is 9.24. The van der Waals surface area contributed by atoms with Crippen molar-refractivity contribution in [1.82, 2.24) is 0 Å². The molecule has 0 fully saturated rings. The molecule has 0 radical (unpaired) electrons. The fourth-order valence-electron chi connectivity index (χ4n) is 3.95. The van der Waals surface area contributed by atoms with Crippen molar-refractivity contribution in [3.8, 4) is 5.75 Å². The van der Waals surface area contributed by atoms with Crippen molar-refractivity contribution in [3.63, 3.8) is 0 Å². The smallest absolute Gasteiger partial charge is 0.262 e. The first-order chi connectivity index (χ1) is 13.2. The van der Waals surface area contributed by atoms with E-state index in [1.807, 2.05) is 71.6 Å². The van der Waals surface area contributed by atoms with Gasteiger partial charge in [-0.2, -0.15) is 0 Å². The van der Waals surface area contributed by atoms with Gasteiger partial charge < -0.3 is 10.1 Å². The number of nitrogens with zero attached hydrogens (tertiary/aromatic N) is 1. The lowest BCUT2D eigenvalue weighted by molar-refractivity contribution is 0.0975. The molecule has 0 spiro atoms. The molecule has 5 rings (SSSR count). The molecule has 4 nitrogen and oxygen atoms in total. The zero-order valence-corrected chi connectivity index (χ0v) is 15.1. The molecule has 3 aromatic rings. The summed E-state index contributed by atoms with van der Waals surface area (Å²) < 4.78 is 5.84. The zero-order chi connectivity index (χ0) is 18.4. The van der Waals surface area contributed by atoms with Crippen LogP contribution in [0.15, 0.2) is 72.8 Å². The van der Waals surface area contributed by atoms with Crippen LogP contribution >= 0.6 is 0 Å². The van der Waals surface area contributed by atoms with Crippen LogP contribution in [0, 0.1) is 0 Å². The van der Waals surface area contributed by atoms with E-state index in [1.165, 1.54) is 5.56 Å². The number of para-hydroxylation sites is 2. The Hall–Kier alpha value is -3.27. The van der Waals surface area contributed by atoms with Crippen LogP contribution < -0.4 is 15.0 Å². The van der Waals surface area contributed by atoms with Crippen molar-refractivity contribution in [2.24, 2.45) is 0 Å². The van der Waals surface area contributed by atoms with Crippen LogP contribution in [0.5, 0.6) is 5.75 Å². The van der Waals surface area contributed by atoms with E-state index in [1.54, 1.807) is 0 Å². The predicted molar refractivity (Wildman–Crippen MR) is 106 cm³/mol. The van der Waals surface area contributed by atoms with Crippen molar-refractivity contribution in [2.45, 2.75) is 25.6 Å². The summed E-state index contributed by atoms with van der Waals surface area (Å²) in [7, 11) is 0. The quantitative estimate of drug-likeness (QED) is 0.718. The number of anilines is 2. The van der Waals surface area contributed by atoms with Crippen LogP contribution in [-0.4, -0.2) is 12.0 Å². The topological polar surface area (TPSA) is 41.6 Å². The summed E-state index contributed by atoms with van der Waals surface area (Å²) in [6.07, 6.45) is 0.823. The minimum absolute atomic E-state index is 0.00525. The molecule has 3 aromatic carbocycles. The van der Waals surface area contributed by atoms with Crippen LogP contribution in [-0.2, 0) is 6.42 Å². The van der Waals surface area contributed by atoms with Crippen molar-refractivity contribution in [3.05, 3.63) is 89.5 Å². The molecule has 2 heterocycles. The largest absolute Gasteiger partial charge is 0.490 e. The monoisotopic (exact) mass is 356 g/mol. The van der Waals surface area contributed by atoms with Crippen molar-refractivity contribution in [1.29, 1.82) is 0 Å². The third kappa shape index (κ3) is 2.65. The van der Waals surface area contributed by atoms with Crippen LogP contribution in [0.1, 0.15) is 34.6 Å². The lowest BCUT2D eigenvalue weighted by Gasteiger charge is -2.38. The Labute approximate surface area is 158 Å². The number of hydrogen-bond donors (Lipinski definition) is 1. The third-order valence-electron chi connectivity index (χ3n) is 5.20. The van der Waals surface area contributed by atoms with E-state index < -0.39 is 0 Å². The fraction of sp³-hybridized carbons (Fsp3) is 0.174.